The number of hydrogen-bond acceptors (Lipinski definition) is 7. The van der Waals surface area contributed by atoms with Crippen LogP contribution in [0.5, 0.6) is 11.5 Å². The number of benzene rings is 1. The van der Waals surface area contributed by atoms with Crippen LogP contribution in [0.15, 0.2) is 24.5 Å². The topological polar surface area (TPSA) is 100 Å². The number of aryl methyl sites for hydroxylation is 2. The first-order valence-electron chi connectivity index (χ1n) is 8.01. The summed E-state index contributed by atoms with van der Waals surface area (Å²) in [6.07, 6.45) is 5.78. The van der Waals surface area contributed by atoms with E-state index in [2.05, 4.69) is 20.4 Å². The van der Waals surface area contributed by atoms with Gasteiger partial charge in [-0.2, -0.15) is 10.1 Å². The number of nitrogen functional groups attached to an aromatic ring is 1. The Bertz CT molecular complexity index is 877. The van der Waals surface area contributed by atoms with Gasteiger partial charge in [-0.25, -0.2) is 4.98 Å². The maximum Gasteiger partial charge on any atom is 0.225 e. The lowest BCUT2D eigenvalue weighted by Gasteiger charge is -2.11. The number of nitrogens with two attached hydrogens (primary N) is 1. The number of rotatable bonds is 7. The zero-order valence-electron chi connectivity index (χ0n) is 14.6. The minimum Gasteiger partial charge on any atom is -0.493 e. The van der Waals surface area contributed by atoms with Crippen molar-refractivity contribution in [2.75, 3.05) is 31.8 Å². The van der Waals surface area contributed by atoms with Crippen molar-refractivity contribution in [1.82, 2.24) is 19.7 Å². The zero-order valence-corrected chi connectivity index (χ0v) is 14.6. The summed E-state index contributed by atoms with van der Waals surface area (Å²) in [6.45, 7) is 0.743. The number of anilines is 2. The highest BCUT2D eigenvalue weighted by Crippen LogP contribution is 2.33. The van der Waals surface area contributed by atoms with E-state index in [1.807, 2.05) is 19.4 Å². The number of fused-ring (bicyclic) bond motifs is 1. The van der Waals surface area contributed by atoms with Gasteiger partial charge in [0.1, 0.15) is 5.82 Å². The van der Waals surface area contributed by atoms with Gasteiger partial charge in [0.25, 0.3) is 0 Å². The number of nitrogens with one attached hydrogen (secondary N) is 1. The lowest BCUT2D eigenvalue weighted by atomic mass is 10.2. The fraction of sp³-hybridized carbons (Fsp3) is 0.353. The van der Waals surface area contributed by atoms with Crippen LogP contribution in [0, 0.1) is 0 Å². The van der Waals surface area contributed by atoms with Gasteiger partial charge < -0.3 is 20.5 Å². The molecule has 132 valence electrons. The van der Waals surface area contributed by atoms with E-state index in [9.17, 15) is 0 Å². The second-order valence-corrected chi connectivity index (χ2v) is 5.71. The lowest BCUT2D eigenvalue weighted by Crippen LogP contribution is -2.08. The molecule has 8 heteroatoms. The monoisotopic (exact) mass is 342 g/mol. The molecule has 0 radical (unpaired) electrons. The van der Waals surface area contributed by atoms with E-state index >= 15 is 0 Å². The van der Waals surface area contributed by atoms with Crippen LogP contribution in [0.3, 0.4) is 0 Å². The van der Waals surface area contributed by atoms with E-state index in [0.29, 0.717) is 28.8 Å². The number of hydrogen-bond donors (Lipinski definition) is 2. The van der Waals surface area contributed by atoms with Crippen LogP contribution < -0.4 is 20.5 Å². The Morgan fingerprint density at radius 3 is 2.60 bits per heavy atom. The van der Waals surface area contributed by atoms with Crippen molar-refractivity contribution in [3.8, 4) is 11.5 Å². The van der Waals surface area contributed by atoms with Crippen LogP contribution in [0.4, 0.5) is 11.8 Å². The molecule has 1 aromatic carbocycles. The van der Waals surface area contributed by atoms with Crippen LogP contribution in [0.2, 0.25) is 0 Å². The molecule has 25 heavy (non-hydrogen) atoms. The van der Waals surface area contributed by atoms with Crippen LogP contribution in [-0.4, -0.2) is 40.5 Å². The molecule has 3 rings (SSSR count). The van der Waals surface area contributed by atoms with E-state index < -0.39 is 0 Å². The first-order chi connectivity index (χ1) is 12.1. The fourth-order valence-electron chi connectivity index (χ4n) is 2.65. The summed E-state index contributed by atoms with van der Waals surface area (Å²) in [4.78, 5) is 8.84. The maximum atomic E-state index is 6.07. The van der Waals surface area contributed by atoms with Gasteiger partial charge in [0.2, 0.25) is 5.95 Å². The number of nitrogens with zero attached hydrogens (tertiary/aromatic N) is 4. The second kappa shape index (κ2) is 7.25. The fourth-order valence-corrected chi connectivity index (χ4v) is 2.65. The van der Waals surface area contributed by atoms with E-state index in [1.165, 1.54) is 5.56 Å². The second-order valence-electron chi connectivity index (χ2n) is 5.71. The normalized spacial score (nSPS) is 10.8. The van der Waals surface area contributed by atoms with E-state index in [-0.39, 0.29) is 0 Å². The summed E-state index contributed by atoms with van der Waals surface area (Å²) in [5.74, 6) is 2.11. The highest BCUT2D eigenvalue weighted by Gasteiger charge is 2.11. The third-order valence-corrected chi connectivity index (χ3v) is 3.91. The van der Waals surface area contributed by atoms with Gasteiger partial charge in [0.15, 0.2) is 11.5 Å². The molecule has 0 aliphatic carbocycles. The number of aromatic nitrogens is 4. The van der Waals surface area contributed by atoms with E-state index in [1.54, 1.807) is 31.0 Å². The summed E-state index contributed by atoms with van der Waals surface area (Å²) < 4.78 is 12.4. The van der Waals surface area contributed by atoms with Gasteiger partial charge in [-0.1, -0.05) is 0 Å². The molecule has 0 saturated carbocycles. The van der Waals surface area contributed by atoms with Gasteiger partial charge in [0.05, 0.1) is 25.9 Å². The molecule has 0 bridgehead atoms. The van der Waals surface area contributed by atoms with Crippen molar-refractivity contribution in [1.29, 1.82) is 0 Å². The summed E-state index contributed by atoms with van der Waals surface area (Å²) in [5, 5.41) is 8.12. The minimum atomic E-state index is 0.403. The Hall–Kier alpha value is -3.03. The van der Waals surface area contributed by atoms with Gasteiger partial charge in [-0.15, -0.1) is 0 Å². The molecule has 8 nitrogen and oxygen atoms in total. The van der Waals surface area contributed by atoms with Crippen molar-refractivity contribution in [3.63, 3.8) is 0 Å². The molecule has 3 aromatic rings. The van der Waals surface area contributed by atoms with Gasteiger partial charge in [-0.05, 0) is 24.5 Å². The molecule has 3 N–H and O–H groups in total. The molecule has 0 saturated heterocycles. The standard InChI is InChI=1S/C17H22N6O2/c1-23-10-11(9-20-23)5-4-6-19-17-21-13-8-15(25-3)14(24-2)7-12(13)16(18)22-17/h7-10H,4-6H2,1-3H3,(H3,18,19,21,22). The molecular weight excluding hydrogens is 320 g/mol. The van der Waals surface area contributed by atoms with Gasteiger partial charge in [0, 0.05) is 31.2 Å². The van der Waals surface area contributed by atoms with Crippen LogP contribution in [0.1, 0.15) is 12.0 Å². The highest BCUT2D eigenvalue weighted by atomic mass is 16.5. The Kier molecular flexibility index (Phi) is 4.87. The third-order valence-electron chi connectivity index (χ3n) is 3.91. The number of methoxy groups -OCH3 is 2. The van der Waals surface area contributed by atoms with Crippen molar-refractivity contribution in [3.05, 3.63) is 30.1 Å². The first kappa shape index (κ1) is 16.8. The minimum absolute atomic E-state index is 0.403. The molecule has 0 amide bonds. The highest BCUT2D eigenvalue weighted by molar-refractivity contribution is 5.91. The molecule has 0 spiro atoms. The molecule has 0 aliphatic heterocycles. The molecule has 2 heterocycles. The van der Waals surface area contributed by atoms with Crippen molar-refractivity contribution < 1.29 is 9.47 Å². The molecule has 0 unspecified atom stereocenters. The summed E-state index contributed by atoms with van der Waals surface area (Å²) in [7, 11) is 5.08. The predicted octanol–water partition coefficient (Wildman–Crippen LogP) is 2.01. The Morgan fingerprint density at radius 2 is 1.92 bits per heavy atom. The van der Waals surface area contributed by atoms with E-state index in [0.717, 1.165) is 24.8 Å². The van der Waals surface area contributed by atoms with Crippen LogP contribution in [0.25, 0.3) is 10.9 Å². The quantitative estimate of drug-likeness (QED) is 0.633. The van der Waals surface area contributed by atoms with Crippen LogP contribution in [-0.2, 0) is 13.5 Å². The maximum absolute atomic E-state index is 6.07. The summed E-state index contributed by atoms with van der Waals surface area (Å²) in [5.41, 5.74) is 7.99. The molecular formula is C17H22N6O2. The molecule has 0 atom stereocenters. The Morgan fingerprint density at radius 1 is 1.16 bits per heavy atom. The van der Waals surface area contributed by atoms with Crippen LogP contribution >= 0.6 is 0 Å². The van der Waals surface area contributed by atoms with Gasteiger partial charge >= 0.3 is 0 Å². The Balaban J connectivity index is 1.71. The predicted molar refractivity (Wildman–Crippen MR) is 97.1 cm³/mol. The molecule has 0 aliphatic rings. The zero-order chi connectivity index (χ0) is 17.8. The van der Waals surface area contributed by atoms with Crippen molar-refractivity contribution in [2.24, 2.45) is 7.05 Å². The summed E-state index contributed by atoms with van der Waals surface area (Å²) in [6, 6.07) is 3.59. The largest absolute Gasteiger partial charge is 0.493 e. The first-order valence-corrected chi connectivity index (χ1v) is 8.01. The number of ether oxygens (including phenoxy) is 2. The Labute approximate surface area is 146 Å². The summed E-state index contributed by atoms with van der Waals surface area (Å²) >= 11 is 0. The molecule has 0 fully saturated rings. The van der Waals surface area contributed by atoms with Crippen molar-refractivity contribution >= 4 is 22.7 Å². The average Bonchev–Trinajstić information content (AvgIpc) is 3.03. The average molecular weight is 342 g/mol. The lowest BCUT2D eigenvalue weighted by molar-refractivity contribution is 0.356. The third kappa shape index (κ3) is 3.73. The SMILES string of the molecule is COc1cc2nc(NCCCc3cnn(C)c3)nc(N)c2cc1OC. The molecule has 2 aromatic heterocycles. The van der Waals surface area contributed by atoms with Crippen molar-refractivity contribution in [2.45, 2.75) is 12.8 Å². The van der Waals surface area contributed by atoms with E-state index in [4.69, 9.17) is 15.2 Å². The van der Waals surface area contributed by atoms with Gasteiger partial charge in [-0.3, -0.25) is 4.68 Å². The smallest absolute Gasteiger partial charge is 0.225 e.